The molecule has 2 fully saturated rings. The molecule has 2 heterocycles. The molecule has 0 saturated carbocycles. The van der Waals surface area contributed by atoms with Gasteiger partial charge in [-0.25, -0.2) is 0 Å². The zero-order chi connectivity index (χ0) is 13.1. The molecule has 2 unspecified atom stereocenters. The third kappa shape index (κ3) is 4.20. The van der Waals surface area contributed by atoms with Crippen LogP contribution in [0.3, 0.4) is 0 Å². The number of hydrogen-bond donors (Lipinski definition) is 0. The molecule has 0 amide bonds. The van der Waals surface area contributed by atoms with Crippen molar-refractivity contribution in [2.45, 2.75) is 37.8 Å². The predicted octanol–water partition coefficient (Wildman–Crippen LogP) is 2.16. The normalized spacial score (nSPS) is 25.9. The fourth-order valence-electron chi connectivity index (χ4n) is 2.16. The number of benzene rings is 1. The van der Waals surface area contributed by atoms with Gasteiger partial charge in [-0.15, -0.1) is 0 Å². The molecule has 0 radical (unpaired) electrons. The van der Waals surface area contributed by atoms with Crippen LogP contribution in [-0.4, -0.2) is 38.6 Å². The summed E-state index contributed by atoms with van der Waals surface area (Å²) in [5.41, 5.74) is 1.17. The second-order valence-electron chi connectivity index (χ2n) is 5.16. The number of hydrogen-bond acceptors (Lipinski definition) is 4. The summed E-state index contributed by atoms with van der Waals surface area (Å²) in [5, 5.41) is 0. The molecule has 2 aliphatic rings. The molecule has 19 heavy (non-hydrogen) atoms. The first-order valence-electron chi connectivity index (χ1n) is 6.81. The summed E-state index contributed by atoms with van der Waals surface area (Å²) in [5.74, 6) is 0.873. The van der Waals surface area contributed by atoms with Crippen molar-refractivity contribution in [1.82, 2.24) is 0 Å². The average Bonchev–Trinajstić information content (AvgIpc) is 3.32. The molecule has 0 spiro atoms. The second kappa shape index (κ2) is 5.90. The van der Waals surface area contributed by atoms with E-state index in [2.05, 4.69) is 0 Å². The van der Waals surface area contributed by atoms with Gasteiger partial charge in [0, 0.05) is 12.8 Å². The maximum absolute atomic E-state index is 6.00. The van der Waals surface area contributed by atoms with Crippen LogP contribution >= 0.6 is 0 Å². The lowest BCUT2D eigenvalue weighted by Gasteiger charge is -2.16. The van der Waals surface area contributed by atoms with Gasteiger partial charge in [0.05, 0.1) is 45.2 Å². The molecule has 1 aromatic rings. The van der Waals surface area contributed by atoms with Gasteiger partial charge >= 0.3 is 0 Å². The van der Waals surface area contributed by atoms with Crippen molar-refractivity contribution < 1.29 is 18.9 Å². The first kappa shape index (κ1) is 12.9. The molecule has 0 N–H and O–H groups in total. The monoisotopic (exact) mass is 264 g/mol. The minimum Gasteiger partial charge on any atom is -0.497 e. The molecule has 3 rings (SSSR count). The zero-order valence-electron chi connectivity index (χ0n) is 11.2. The second-order valence-corrected chi connectivity index (χ2v) is 5.16. The van der Waals surface area contributed by atoms with Gasteiger partial charge in [0.2, 0.25) is 0 Å². The molecular formula is C15H20O4. The average molecular weight is 264 g/mol. The molecule has 0 aromatic heterocycles. The van der Waals surface area contributed by atoms with Gasteiger partial charge in [-0.05, 0) is 17.7 Å². The Hall–Kier alpha value is -1.10. The van der Waals surface area contributed by atoms with E-state index in [0.717, 1.165) is 31.8 Å². The van der Waals surface area contributed by atoms with Crippen LogP contribution in [0.2, 0.25) is 0 Å². The molecule has 0 bridgehead atoms. The summed E-state index contributed by atoms with van der Waals surface area (Å²) in [7, 11) is 1.67. The summed E-state index contributed by atoms with van der Waals surface area (Å²) >= 11 is 0. The van der Waals surface area contributed by atoms with Crippen molar-refractivity contribution in [3.8, 4) is 5.75 Å². The zero-order valence-corrected chi connectivity index (χ0v) is 11.2. The smallest absolute Gasteiger partial charge is 0.118 e. The lowest BCUT2D eigenvalue weighted by Crippen LogP contribution is -2.18. The van der Waals surface area contributed by atoms with Crippen LogP contribution in [0.15, 0.2) is 24.3 Å². The van der Waals surface area contributed by atoms with E-state index in [4.69, 9.17) is 18.9 Å². The van der Waals surface area contributed by atoms with Gasteiger partial charge in [-0.1, -0.05) is 12.1 Å². The minimum absolute atomic E-state index is 0.238. The Morgan fingerprint density at radius 2 is 1.68 bits per heavy atom. The molecular weight excluding hydrogens is 244 g/mol. The van der Waals surface area contributed by atoms with Crippen molar-refractivity contribution in [2.75, 3.05) is 20.3 Å². The standard InChI is InChI=1S/C15H20O4/c1-16-12-4-2-11(3-5-12)8-17-13(6-14-9-18-14)7-15-10-19-15/h2-5,13-15H,6-10H2,1H3. The summed E-state index contributed by atoms with van der Waals surface area (Å²) in [6, 6.07) is 8.00. The highest BCUT2D eigenvalue weighted by Crippen LogP contribution is 2.25. The molecule has 2 atom stereocenters. The number of rotatable bonds is 8. The number of methoxy groups -OCH3 is 1. The fraction of sp³-hybridized carbons (Fsp3) is 0.600. The highest BCUT2D eigenvalue weighted by atomic mass is 16.6. The van der Waals surface area contributed by atoms with E-state index in [0.29, 0.717) is 18.8 Å². The van der Waals surface area contributed by atoms with Gasteiger partial charge in [0.1, 0.15) is 5.75 Å². The maximum atomic E-state index is 6.00. The third-order valence-electron chi connectivity index (χ3n) is 3.50. The van der Waals surface area contributed by atoms with Crippen LogP contribution in [0.25, 0.3) is 0 Å². The Balaban J connectivity index is 1.48. The Kier molecular flexibility index (Phi) is 4.01. The van der Waals surface area contributed by atoms with Gasteiger partial charge in [-0.3, -0.25) is 0 Å². The van der Waals surface area contributed by atoms with Crippen LogP contribution in [0.4, 0.5) is 0 Å². The van der Waals surface area contributed by atoms with E-state index in [9.17, 15) is 0 Å². The van der Waals surface area contributed by atoms with Gasteiger partial charge < -0.3 is 18.9 Å². The maximum Gasteiger partial charge on any atom is 0.118 e. The third-order valence-corrected chi connectivity index (χ3v) is 3.50. The van der Waals surface area contributed by atoms with Crippen molar-refractivity contribution >= 4 is 0 Å². The lowest BCUT2D eigenvalue weighted by molar-refractivity contribution is 0.0202. The first-order valence-corrected chi connectivity index (χ1v) is 6.81. The minimum atomic E-state index is 0.238. The van der Waals surface area contributed by atoms with Crippen molar-refractivity contribution in [2.24, 2.45) is 0 Å². The van der Waals surface area contributed by atoms with Crippen molar-refractivity contribution in [1.29, 1.82) is 0 Å². The van der Waals surface area contributed by atoms with Crippen molar-refractivity contribution in [3.05, 3.63) is 29.8 Å². The molecule has 4 nitrogen and oxygen atoms in total. The Morgan fingerprint density at radius 1 is 1.11 bits per heavy atom. The molecule has 4 heteroatoms. The van der Waals surface area contributed by atoms with Crippen LogP contribution < -0.4 is 4.74 Å². The van der Waals surface area contributed by atoms with Gasteiger partial charge in [-0.2, -0.15) is 0 Å². The van der Waals surface area contributed by atoms with Crippen LogP contribution in [-0.2, 0) is 20.8 Å². The Labute approximate surface area is 113 Å². The van der Waals surface area contributed by atoms with Crippen LogP contribution in [0, 0.1) is 0 Å². The summed E-state index contributed by atoms with van der Waals surface area (Å²) in [4.78, 5) is 0. The van der Waals surface area contributed by atoms with E-state index in [-0.39, 0.29) is 6.10 Å². The highest BCUT2D eigenvalue weighted by Gasteiger charge is 2.32. The molecule has 104 valence electrons. The van der Waals surface area contributed by atoms with Gasteiger partial charge in [0.25, 0.3) is 0 Å². The van der Waals surface area contributed by atoms with Crippen LogP contribution in [0.5, 0.6) is 5.75 Å². The largest absolute Gasteiger partial charge is 0.497 e. The predicted molar refractivity (Wildman–Crippen MR) is 70.3 cm³/mol. The van der Waals surface area contributed by atoms with E-state index in [1.54, 1.807) is 7.11 Å². The molecule has 1 aromatic carbocycles. The summed E-state index contributed by atoms with van der Waals surface area (Å²) in [6.07, 6.45) is 3.01. The topological polar surface area (TPSA) is 43.5 Å². The molecule has 2 saturated heterocycles. The summed E-state index contributed by atoms with van der Waals surface area (Å²) in [6.45, 7) is 2.40. The van der Waals surface area contributed by atoms with E-state index >= 15 is 0 Å². The Bertz CT molecular complexity index is 381. The van der Waals surface area contributed by atoms with Crippen molar-refractivity contribution in [3.63, 3.8) is 0 Å². The quantitative estimate of drug-likeness (QED) is 0.675. The van der Waals surface area contributed by atoms with Crippen LogP contribution in [0.1, 0.15) is 18.4 Å². The molecule has 0 aliphatic carbocycles. The van der Waals surface area contributed by atoms with E-state index in [1.165, 1.54) is 5.56 Å². The highest BCUT2D eigenvalue weighted by molar-refractivity contribution is 5.26. The summed E-state index contributed by atoms with van der Waals surface area (Å²) < 4.78 is 21.7. The number of ether oxygens (including phenoxy) is 4. The van der Waals surface area contributed by atoms with Gasteiger partial charge in [0.15, 0.2) is 0 Å². The lowest BCUT2D eigenvalue weighted by atomic mass is 10.1. The van der Waals surface area contributed by atoms with E-state index < -0.39 is 0 Å². The molecule has 2 aliphatic heterocycles. The van der Waals surface area contributed by atoms with E-state index in [1.807, 2.05) is 24.3 Å². The first-order chi connectivity index (χ1) is 9.33. The SMILES string of the molecule is COc1ccc(COC(CC2CO2)CC2CO2)cc1. The fourth-order valence-corrected chi connectivity index (χ4v) is 2.16. The number of epoxide rings is 2. The Morgan fingerprint density at radius 3 is 2.16 bits per heavy atom.